The second-order valence-electron chi connectivity index (χ2n) is 2.26. The van der Waals surface area contributed by atoms with Gasteiger partial charge in [-0.25, -0.2) is 0 Å². The molecule has 0 saturated carbocycles. The molecule has 1 aromatic heterocycles. The van der Waals surface area contributed by atoms with E-state index in [4.69, 9.17) is 15.9 Å². The number of carbonyl (C=O) groups is 1. The van der Waals surface area contributed by atoms with Crippen LogP contribution in [0.1, 0.15) is 11.7 Å². The first-order valence-corrected chi connectivity index (χ1v) is 3.24. The number of rotatable bonds is 2. The Kier molecular flexibility index (Phi) is 2.25. The monoisotopic (exact) mass is 168 g/mol. The predicted octanol–water partition coefficient (Wildman–Crippen LogP) is -0.128. The first-order chi connectivity index (χ1) is 5.61. The van der Waals surface area contributed by atoms with Gasteiger partial charge in [-0.3, -0.25) is 9.78 Å². The fourth-order valence-corrected chi connectivity index (χ4v) is 0.708. The molecule has 0 fully saturated rings. The molecule has 1 atom stereocenters. The van der Waals surface area contributed by atoms with Crippen LogP contribution in [-0.4, -0.2) is 21.2 Å². The van der Waals surface area contributed by atoms with E-state index < -0.39 is 12.0 Å². The van der Waals surface area contributed by atoms with E-state index in [2.05, 4.69) is 4.98 Å². The summed E-state index contributed by atoms with van der Waals surface area (Å²) in [5.74, 6) is -1.16. The number of carboxylic acid groups (broad SMARTS) is 1. The quantitative estimate of drug-likeness (QED) is 0.571. The van der Waals surface area contributed by atoms with Crippen LogP contribution in [0.4, 0.5) is 0 Å². The van der Waals surface area contributed by atoms with Gasteiger partial charge < -0.3 is 15.9 Å². The summed E-state index contributed by atoms with van der Waals surface area (Å²) in [6, 6.07) is 1.57. The number of carboxylic acids is 1. The molecule has 12 heavy (non-hydrogen) atoms. The molecule has 0 amide bonds. The number of aromatic hydroxyl groups is 1. The van der Waals surface area contributed by atoms with Crippen LogP contribution in [0.3, 0.4) is 0 Å². The van der Waals surface area contributed by atoms with Gasteiger partial charge in [-0.2, -0.15) is 0 Å². The Hall–Kier alpha value is -1.62. The second kappa shape index (κ2) is 3.19. The Bertz CT molecular complexity index is 283. The summed E-state index contributed by atoms with van der Waals surface area (Å²) in [4.78, 5) is 14.0. The summed E-state index contributed by atoms with van der Waals surface area (Å²) < 4.78 is 0. The van der Waals surface area contributed by atoms with Crippen molar-refractivity contribution < 1.29 is 15.0 Å². The number of aliphatic carboxylic acids is 1. The van der Waals surface area contributed by atoms with Crippen molar-refractivity contribution in [3.05, 3.63) is 24.0 Å². The maximum atomic E-state index is 10.4. The van der Waals surface area contributed by atoms with Crippen molar-refractivity contribution in [3.8, 4) is 5.75 Å². The maximum absolute atomic E-state index is 10.4. The number of pyridine rings is 1. The molecule has 0 aliphatic carbocycles. The zero-order chi connectivity index (χ0) is 9.14. The first kappa shape index (κ1) is 8.48. The van der Waals surface area contributed by atoms with Crippen molar-refractivity contribution in [2.24, 2.45) is 5.73 Å². The minimum Gasteiger partial charge on any atom is -0.506 e. The van der Waals surface area contributed by atoms with Crippen molar-refractivity contribution in [2.75, 3.05) is 0 Å². The van der Waals surface area contributed by atoms with Crippen molar-refractivity contribution in [1.82, 2.24) is 4.98 Å². The van der Waals surface area contributed by atoms with E-state index in [1.807, 2.05) is 0 Å². The fraction of sp³-hybridized carbons (Fsp3) is 0.143. The molecule has 0 saturated heterocycles. The molecule has 0 aliphatic rings. The normalized spacial score (nSPS) is 12.4. The van der Waals surface area contributed by atoms with Gasteiger partial charge in [0.25, 0.3) is 0 Å². The van der Waals surface area contributed by atoms with Crippen LogP contribution in [0.25, 0.3) is 0 Å². The lowest BCUT2D eigenvalue weighted by molar-refractivity contribution is -0.138. The standard InChI is InChI=1S/C7H8N2O3/c8-6(7(11)12)5-2-1-4(10)3-9-5/h1-3,6,10H,8H2,(H,11,12). The van der Waals surface area contributed by atoms with Gasteiger partial charge in [0.05, 0.1) is 11.9 Å². The molecule has 0 aromatic carbocycles. The minimum atomic E-state index is -1.15. The number of nitrogens with two attached hydrogens (primary N) is 1. The molecule has 64 valence electrons. The lowest BCUT2D eigenvalue weighted by Crippen LogP contribution is -2.21. The van der Waals surface area contributed by atoms with Crippen LogP contribution in [0.2, 0.25) is 0 Å². The Balaban J connectivity index is 2.89. The lowest BCUT2D eigenvalue weighted by atomic mass is 10.2. The van der Waals surface area contributed by atoms with Crippen molar-refractivity contribution in [3.63, 3.8) is 0 Å². The van der Waals surface area contributed by atoms with Gasteiger partial charge in [-0.05, 0) is 12.1 Å². The Morgan fingerprint density at radius 2 is 2.25 bits per heavy atom. The highest BCUT2D eigenvalue weighted by Gasteiger charge is 2.14. The van der Waals surface area contributed by atoms with Gasteiger partial charge in [0.1, 0.15) is 11.8 Å². The highest BCUT2D eigenvalue weighted by molar-refractivity contribution is 5.74. The smallest absolute Gasteiger partial charge is 0.326 e. The average Bonchev–Trinajstić information content (AvgIpc) is 2.04. The molecule has 1 unspecified atom stereocenters. The molecule has 5 heteroatoms. The van der Waals surface area contributed by atoms with Gasteiger partial charge in [0.2, 0.25) is 0 Å². The summed E-state index contributed by atoms with van der Waals surface area (Å²) in [5.41, 5.74) is 5.47. The van der Waals surface area contributed by atoms with Gasteiger partial charge in [0.15, 0.2) is 0 Å². The van der Waals surface area contributed by atoms with Gasteiger partial charge in [0, 0.05) is 0 Å². The first-order valence-electron chi connectivity index (χ1n) is 3.24. The fourth-order valence-electron chi connectivity index (χ4n) is 0.708. The van der Waals surface area contributed by atoms with Crippen molar-refractivity contribution in [2.45, 2.75) is 6.04 Å². The van der Waals surface area contributed by atoms with Crippen LogP contribution in [0.5, 0.6) is 5.75 Å². The zero-order valence-electron chi connectivity index (χ0n) is 6.14. The van der Waals surface area contributed by atoms with E-state index in [1.165, 1.54) is 12.1 Å². The molecule has 0 spiro atoms. The Morgan fingerprint density at radius 1 is 1.58 bits per heavy atom. The number of hydrogen-bond acceptors (Lipinski definition) is 4. The molecular formula is C7H8N2O3. The third-order valence-electron chi connectivity index (χ3n) is 1.36. The molecule has 1 aromatic rings. The molecule has 0 radical (unpaired) electrons. The number of nitrogens with zero attached hydrogens (tertiary/aromatic N) is 1. The van der Waals surface area contributed by atoms with Crippen LogP contribution < -0.4 is 5.73 Å². The second-order valence-corrected chi connectivity index (χ2v) is 2.26. The van der Waals surface area contributed by atoms with Crippen molar-refractivity contribution in [1.29, 1.82) is 0 Å². The van der Waals surface area contributed by atoms with E-state index in [0.717, 1.165) is 6.20 Å². The molecule has 1 rings (SSSR count). The van der Waals surface area contributed by atoms with Gasteiger partial charge in [-0.1, -0.05) is 0 Å². The van der Waals surface area contributed by atoms with Crippen LogP contribution in [0, 0.1) is 0 Å². The van der Waals surface area contributed by atoms with Crippen LogP contribution in [0.15, 0.2) is 18.3 Å². The van der Waals surface area contributed by atoms with E-state index in [1.54, 1.807) is 0 Å². The SMILES string of the molecule is NC(C(=O)O)c1ccc(O)cn1. The van der Waals surface area contributed by atoms with E-state index in [0.29, 0.717) is 0 Å². The number of aromatic nitrogens is 1. The van der Waals surface area contributed by atoms with Gasteiger partial charge in [-0.15, -0.1) is 0 Å². The summed E-state index contributed by atoms with van der Waals surface area (Å²) in [6.07, 6.45) is 1.15. The molecule has 5 nitrogen and oxygen atoms in total. The summed E-state index contributed by atoms with van der Waals surface area (Å²) in [6.45, 7) is 0. The molecular weight excluding hydrogens is 160 g/mol. The van der Waals surface area contributed by atoms with Gasteiger partial charge >= 0.3 is 5.97 Å². The Labute approximate surface area is 68.5 Å². The van der Waals surface area contributed by atoms with Crippen LogP contribution >= 0.6 is 0 Å². The largest absolute Gasteiger partial charge is 0.506 e. The van der Waals surface area contributed by atoms with E-state index in [9.17, 15) is 4.79 Å². The maximum Gasteiger partial charge on any atom is 0.326 e. The zero-order valence-corrected chi connectivity index (χ0v) is 6.14. The van der Waals surface area contributed by atoms with E-state index in [-0.39, 0.29) is 11.4 Å². The highest BCUT2D eigenvalue weighted by Crippen LogP contribution is 2.11. The Morgan fingerprint density at radius 3 is 2.67 bits per heavy atom. The third kappa shape index (κ3) is 1.70. The van der Waals surface area contributed by atoms with E-state index >= 15 is 0 Å². The molecule has 1 heterocycles. The summed E-state index contributed by atoms with van der Waals surface area (Å²) >= 11 is 0. The lowest BCUT2D eigenvalue weighted by Gasteiger charge is -2.04. The summed E-state index contributed by atoms with van der Waals surface area (Å²) in [7, 11) is 0. The minimum absolute atomic E-state index is 0.0173. The van der Waals surface area contributed by atoms with Crippen molar-refractivity contribution >= 4 is 5.97 Å². The molecule has 4 N–H and O–H groups in total. The molecule has 0 aliphatic heterocycles. The summed E-state index contributed by atoms with van der Waals surface area (Å²) in [5, 5.41) is 17.3. The average molecular weight is 168 g/mol. The van der Waals surface area contributed by atoms with Crippen LogP contribution in [-0.2, 0) is 4.79 Å². The topological polar surface area (TPSA) is 96.4 Å². The highest BCUT2D eigenvalue weighted by atomic mass is 16.4. The predicted molar refractivity (Wildman–Crippen MR) is 40.5 cm³/mol. The number of hydrogen-bond donors (Lipinski definition) is 3. The molecule has 0 bridgehead atoms. The third-order valence-corrected chi connectivity index (χ3v) is 1.36.